The second kappa shape index (κ2) is 6.79. The predicted molar refractivity (Wildman–Crippen MR) is 72.0 cm³/mol. The Hall–Kier alpha value is -2.24. The van der Waals surface area contributed by atoms with E-state index in [-0.39, 0.29) is 5.70 Å². The molecule has 0 aliphatic carbocycles. The van der Waals surface area contributed by atoms with E-state index < -0.39 is 23.6 Å². The fourth-order valence-corrected chi connectivity index (χ4v) is 1.78. The molecule has 1 N–H and O–H groups in total. The average Bonchev–Trinajstić information content (AvgIpc) is 2.82. The molecule has 0 unspecified atom stereocenters. The Morgan fingerprint density at radius 3 is 1.95 bits per heavy atom. The Kier molecular flexibility index (Phi) is 5.37. The number of imide groups is 2. The zero-order valence-electron chi connectivity index (χ0n) is 11.8. The average molecular weight is 278 g/mol. The molecule has 0 saturated heterocycles. The van der Waals surface area contributed by atoms with E-state index >= 15 is 0 Å². The van der Waals surface area contributed by atoms with Crippen LogP contribution in [0.1, 0.15) is 33.6 Å². The van der Waals surface area contributed by atoms with Crippen LogP contribution >= 0.6 is 0 Å². The van der Waals surface area contributed by atoms with Gasteiger partial charge in [-0.25, -0.2) is 4.90 Å². The third-order valence-electron chi connectivity index (χ3n) is 2.65. The van der Waals surface area contributed by atoms with Gasteiger partial charge in [0.1, 0.15) is 5.70 Å². The first-order valence-electron chi connectivity index (χ1n) is 6.50. The van der Waals surface area contributed by atoms with Gasteiger partial charge in [0, 0.05) is 18.2 Å². The normalized spacial score (nSPS) is 17.4. The highest BCUT2D eigenvalue weighted by molar-refractivity contribution is 6.24. The fraction of sp³-hybridized carbons (Fsp3) is 0.429. The molecular formula is C14H18N2O4. The first-order valence-corrected chi connectivity index (χ1v) is 6.50. The van der Waals surface area contributed by atoms with Gasteiger partial charge in [-0.15, -0.1) is 0 Å². The lowest BCUT2D eigenvalue weighted by atomic mass is 10.1. The van der Waals surface area contributed by atoms with Crippen molar-refractivity contribution in [3.63, 3.8) is 0 Å². The maximum Gasteiger partial charge on any atom is 0.275 e. The minimum atomic E-state index is -0.736. The number of hydrogen-bond acceptors (Lipinski definition) is 4. The number of nitrogens with zero attached hydrogens (tertiary/aromatic N) is 1. The summed E-state index contributed by atoms with van der Waals surface area (Å²) < 4.78 is 0. The number of hydrogen-bond donors (Lipinski definition) is 1. The van der Waals surface area contributed by atoms with Crippen molar-refractivity contribution >= 4 is 23.6 Å². The van der Waals surface area contributed by atoms with Gasteiger partial charge in [0.25, 0.3) is 23.6 Å². The summed E-state index contributed by atoms with van der Waals surface area (Å²) in [5, 5.41) is 1.94. The lowest BCUT2D eigenvalue weighted by Gasteiger charge is -2.11. The van der Waals surface area contributed by atoms with Gasteiger partial charge in [-0.1, -0.05) is 33.6 Å². The van der Waals surface area contributed by atoms with Crippen molar-refractivity contribution in [1.29, 1.82) is 0 Å². The van der Waals surface area contributed by atoms with Gasteiger partial charge in [0.05, 0.1) is 0 Å². The summed E-state index contributed by atoms with van der Waals surface area (Å²) in [4.78, 5) is 44.7. The van der Waals surface area contributed by atoms with E-state index in [4.69, 9.17) is 0 Å². The van der Waals surface area contributed by atoms with E-state index in [9.17, 15) is 19.2 Å². The summed E-state index contributed by atoms with van der Waals surface area (Å²) in [5.74, 6) is -1.70. The summed E-state index contributed by atoms with van der Waals surface area (Å²) in [6, 6.07) is 0. The Morgan fingerprint density at radius 1 is 1.10 bits per heavy atom. The van der Waals surface area contributed by atoms with Crippen molar-refractivity contribution in [2.75, 3.05) is 0 Å². The third kappa shape index (κ3) is 3.88. The molecule has 0 atom stereocenters. The molecule has 0 aromatic rings. The van der Waals surface area contributed by atoms with Crippen molar-refractivity contribution in [3.05, 3.63) is 23.9 Å². The molecule has 0 radical (unpaired) electrons. The highest BCUT2D eigenvalue weighted by Crippen LogP contribution is 2.15. The lowest BCUT2D eigenvalue weighted by Crippen LogP contribution is -2.34. The van der Waals surface area contributed by atoms with E-state index in [0.29, 0.717) is 4.90 Å². The van der Waals surface area contributed by atoms with Gasteiger partial charge in [0.2, 0.25) is 0 Å². The van der Waals surface area contributed by atoms with Crippen LogP contribution in [-0.4, -0.2) is 28.5 Å². The van der Waals surface area contributed by atoms with E-state index in [1.807, 2.05) is 5.32 Å². The molecule has 2 rings (SSSR count). The molecular weight excluding hydrogens is 260 g/mol. The van der Waals surface area contributed by atoms with Crippen molar-refractivity contribution in [2.45, 2.75) is 33.6 Å². The Labute approximate surface area is 117 Å². The minimum Gasteiger partial charge on any atom is -0.287 e. The van der Waals surface area contributed by atoms with Gasteiger partial charge < -0.3 is 0 Å². The second-order valence-corrected chi connectivity index (χ2v) is 4.88. The number of carbonyl (C=O) groups excluding carboxylic acids is 4. The van der Waals surface area contributed by atoms with Gasteiger partial charge in [-0.3, -0.25) is 24.5 Å². The standard InChI is InChI=1S/C8H4N2O4.C6H14/c11-5-3-4(8(14)9-5)10-6(12)1-2-7(10)13;1-4-5-6(2)3/h1-3H,(H,9,11,14);6H,4-5H2,1-3H3. The van der Waals surface area contributed by atoms with E-state index in [0.717, 1.165) is 24.1 Å². The van der Waals surface area contributed by atoms with Crippen LogP contribution in [0.15, 0.2) is 23.9 Å². The zero-order valence-corrected chi connectivity index (χ0v) is 11.8. The van der Waals surface area contributed by atoms with Gasteiger partial charge in [-0.2, -0.15) is 0 Å². The van der Waals surface area contributed by atoms with Crippen LogP contribution in [-0.2, 0) is 19.2 Å². The first-order chi connectivity index (χ1) is 9.36. The molecule has 6 heteroatoms. The van der Waals surface area contributed by atoms with E-state index in [1.54, 1.807) is 0 Å². The quantitative estimate of drug-likeness (QED) is 0.777. The minimum absolute atomic E-state index is 0.227. The predicted octanol–water partition coefficient (Wildman–Crippen LogP) is 0.894. The van der Waals surface area contributed by atoms with Gasteiger partial charge in [0.15, 0.2) is 0 Å². The number of nitrogens with one attached hydrogen (secondary N) is 1. The first kappa shape index (κ1) is 15.8. The van der Waals surface area contributed by atoms with Crippen LogP contribution in [0.2, 0.25) is 0 Å². The Bertz CT molecular complexity index is 485. The highest BCUT2D eigenvalue weighted by Gasteiger charge is 2.34. The van der Waals surface area contributed by atoms with Crippen molar-refractivity contribution in [3.8, 4) is 0 Å². The fourth-order valence-electron chi connectivity index (χ4n) is 1.78. The molecule has 108 valence electrons. The molecule has 20 heavy (non-hydrogen) atoms. The van der Waals surface area contributed by atoms with Crippen LogP contribution in [0, 0.1) is 5.92 Å². The largest absolute Gasteiger partial charge is 0.287 e. The second-order valence-electron chi connectivity index (χ2n) is 4.88. The SMILES string of the molecule is CCCC(C)C.O=C1C=C(N2C(=O)C=CC2=O)C(=O)N1. The summed E-state index contributed by atoms with van der Waals surface area (Å²) in [6.45, 7) is 6.73. The summed E-state index contributed by atoms with van der Waals surface area (Å²) >= 11 is 0. The monoisotopic (exact) mass is 278 g/mol. The molecule has 4 amide bonds. The molecule has 0 spiro atoms. The maximum absolute atomic E-state index is 11.1. The molecule has 0 bridgehead atoms. The summed E-state index contributed by atoms with van der Waals surface area (Å²) in [6.07, 6.45) is 5.71. The van der Waals surface area contributed by atoms with Crippen LogP contribution in [0.4, 0.5) is 0 Å². The maximum atomic E-state index is 11.1. The molecule has 2 heterocycles. The van der Waals surface area contributed by atoms with Crippen molar-refractivity contribution in [2.24, 2.45) is 5.92 Å². The number of rotatable bonds is 3. The smallest absolute Gasteiger partial charge is 0.275 e. The van der Waals surface area contributed by atoms with Crippen LogP contribution in [0.25, 0.3) is 0 Å². The van der Waals surface area contributed by atoms with Crippen LogP contribution in [0.3, 0.4) is 0 Å². The van der Waals surface area contributed by atoms with E-state index in [2.05, 4.69) is 20.8 Å². The highest BCUT2D eigenvalue weighted by atomic mass is 16.2. The summed E-state index contributed by atoms with van der Waals surface area (Å²) in [7, 11) is 0. The Balaban J connectivity index is 0.000000286. The van der Waals surface area contributed by atoms with E-state index in [1.165, 1.54) is 12.8 Å². The van der Waals surface area contributed by atoms with Crippen molar-refractivity contribution < 1.29 is 19.2 Å². The molecule has 0 fully saturated rings. The molecule has 6 nitrogen and oxygen atoms in total. The van der Waals surface area contributed by atoms with Crippen molar-refractivity contribution in [1.82, 2.24) is 10.2 Å². The molecule has 2 aliphatic rings. The zero-order chi connectivity index (χ0) is 15.3. The van der Waals surface area contributed by atoms with Crippen LogP contribution in [0.5, 0.6) is 0 Å². The number of amides is 4. The third-order valence-corrected chi connectivity index (χ3v) is 2.65. The Morgan fingerprint density at radius 2 is 1.65 bits per heavy atom. The van der Waals surface area contributed by atoms with Gasteiger partial charge >= 0.3 is 0 Å². The molecule has 2 aliphatic heterocycles. The molecule has 0 aromatic heterocycles. The number of carbonyl (C=O) groups is 4. The molecule has 0 aromatic carbocycles. The van der Waals surface area contributed by atoms with Crippen LogP contribution < -0.4 is 5.32 Å². The topological polar surface area (TPSA) is 83.6 Å². The molecule has 0 saturated carbocycles. The summed E-state index contributed by atoms with van der Waals surface area (Å²) in [5.41, 5.74) is -0.227. The van der Waals surface area contributed by atoms with Gasteiger partial charge in [-0.05, 0) is 5.92 Å². The lowest BCUT2D eigenvalue weighted by molar-refractivity contribution is -0.137.